The van der Waals surface area contributed by atoms with Gasteiger partial charge in [0.1, 0.15) is 5.82 Å². The zero-order valence-electron chi connectivity index (χ0n) is 6.77. The monoisotopic (exact) mass is 227 g/mol. The molecule has 0 spiro atoms. The summed E-state index contributed by atoms with van der Waals surface area (Å²) in [5.41, 5.74) is 0.866. The number of allylic oxidation sites excluding steroid dienone is 1. The highest BCUT2D eigenvalue weighted by atomic mass is 79.9. The first-order valence-electron chi connectivity index (χ1n) is 3.56. The van der Waals surface area contributed by atoms with E-state index in [2.05, 4.69) is 22.5 Å². The molecular formula is C10H9BrF. The zero-order valence-corrected chi connectivity index (χ0v) is 8.36. The molecule has 0 aliphatic heterocycles. The molecule has 1 rings (SSSR count). The molecule has 0 bridgehead atoms. The molecule has 0 nitrogen and oxygen atoms in total. The van der Waals surface area contributed by atoms with Crippen molar-refractivity contribution in [2.45, 2.75) is 6.92 Å². The highest BCUT2D eigenvalue weighted by Crippen LogP contribution is 2.21. The Morgan fingerprint density at radius 1 is 1.58 bits per heavy atom. The molecule has 1 aromatic carbocycles. The first-order chi connectivity index (χ1) is 5.65. The van der Waals surface area contributed by atoms with Gasteiger partial charge in [0.05, 0.1) is 4.47 Å². The zero-order chi connectivity index (χ0) is 9.14. The van der Waals surface area contributed by atoms with Crippen molar-refractivity contribution in [3.05, 3.63) is 52.6 Å². The minimum atomic E-state index is -0.242. The summed E-state index contributed by atoms with van der Waals surface area (Å²) >= 11 is 3.09. The Hall–Kier alpha value is -0.630. The van der Waals surface area contributed by atoms with Gasteiger partial charge in [-0.2, -0.15) is 0 Å². The molecule has 0 N–H and O–H groups in total. The van der Waals surface area contributed by atoms with Crippen LogP contribution >= 0.6 is 15.9 Å². The van der Waals surface area contributed by atoms with E-state index < -0.39 is 0 Å². The van der Waals surface area contributed by atoms with Crippen LogP contribution in [0.15, 0.2) is 35.3 Å². The molecule has 0 aromatic heterocycles. The molecule has 0 atom stereocenters. The van der Waals surface area contributed by atoms with Crippen molar-refractivity contribution in [2.75, 3.05) is 0 Å². The van der Waals surface area contributed by atoms with E-state index >= 15 is 0 Å². The van der Waals surface area contributed by atoms with Gasteiger partial charge in [0.2, 0.25) is 0 Å². The van der Waals surface area contributed by atoms with Gasteiger partial charge in [-0.15, -0.1) is 6.58 Å². The number of hydrogen-bond acceptors (Lipinski definition) is 0. The number of halogens is 2. The predicted octanol–water partition coefficient (Wildman–Crippen LogP) is 3.72. The summed E-state index contributed by atoms with van der Waals surface area (Å²) < 4.78 is 13.5. The first-order valence-corrected chi connectivity index (χ1v) is 4.36. The van der Waals surface area contributed by atoms with E-state index in [1.807, 2.05) is 13.0 Å². The van der Waals surface area contributed by atoms with Crippen LogP contribution < -0.4 is 0 Å². The van der Waals surface area contributed by atoms with Crippen molar-refractivity contribution in [3.63, 3.8) is 0 Å². The Bertz CT molecular complexity index is 294. The predicted molar refractivity (Wildman–Crippen MR) is 52.3 cm³/mol. The molecule has 0 unspecified atom stereocenters. The van der Waals surface area contributed by atoms with Gasteiger partial charge < -0.3 is 0 Å². The van der Waals surface area contributed by atoms with Gasteiger partial charge >= 0.3 is 0 Å². The van der Waals surface area contributed by atoms with E-state index in [1.165, 1.54) is 6.07 Å². The molecule has 2 heteroatoms. The van der Waals surface area contributed by atoms with Gasteiger partial charge in [-0.25, -0.2) is 4.39 Å². The minimum Gasteiger partial charge on any atom is -0.206 e. The van der Waals surface area contributed by atoms with Crippen LogP contribution in [0.1, 0.15) is 12.5 Å². The molecule has 0 heterocycles. The summed E-state index contributed by atoms with van der Waals surface area (Å²) in [6.45, 7) is 5.52. The van der Waals surface area contributed by atoms with Crippen molar-refractivity contribution in [3.8, 4) is 0 Å². The summed E-state index contributed by atoms with van der Waals surface area (Å²) in [6.07, 6.45) is 1.71. The summed E-state index contributed by atoms with van der Waals surface area (Å²) in [5, 5.41) is 0. The average Bonchev–Trinajstić information content (AvgIpc) is 2.08. The summed E-state index contributed by atoms with van der Waals surface area (Å²) in [7, 11) is 0. The molecular weight excluding hydrogens is 219 g/mol. The molecule has 1 radical (unpaired) electrons. The lowest BCUT2D eigenvalue weighted by molar-refractivity contribution is 0.620. The second kappa shape index (κ2) is 3.85. The molecule has 1 aromatic rings. The van der Waals surface area contributed by atoms with Crippen LogP contribution in [0.2, 0.25) is 0 Å². The van der Waals surface area contributed by atoms with E-state index in [-0.39, 0.29) is 5.82 Å². The van der Waals surface area contributed by atoms with Crippen LogP contribution in [0.5, 0.6) is 0 Å². The highest BCUT2D eigenvalue weighted by Gasteiger charge is 2.04. The SMILES string of the molecule is C=C[C](C)c1ccc(Br)c(F)c1. The van der Waals surface area contributed by atoms with Crippen molar-refractivity contribution in [2.24, 2.45) is 0 Å². The Balaban J connectivity index is 3.04. The molecule has 0 amide bonds. The first kappa shape index (κ1) is 9.46. The molecule has 0 aliphatic rings. The van der Waals surface area contributed by atoms with E-state index in [9.17, 15) is 4.39 Å². The summed E-state index contributed by atoms with van der Waals surface area (Å²) in [4.78, 5) is 0. The lowest BCUT2D eigenvalue weighted by Crippen LogP contribution is -1.90. The maximum Gasteiger partial charge on any atom is 0.137 e. The fourth-order valence-corrected chi connectivity index (χ4v) is 1.11. The van der Waals surface area contributed by atoms with Crippen molar-refractivity contribution >= 4 is 15.9 Å². The molecule has 0 saturated heterocycles. The van der Waals surface area contributed by atoms with E-state index in [0.717, 1.165) is 11.5 Å². The highest BCUT2D eigenvalue weighted by molar-refractivity contribution is 9.10. The molecule has 0 saturated carbocycles. The fraction of sp³-hybridized carbons (Fsp3) is 0.100. The second-order valence-electron chi connectivity index (χ2n) is 2.52. The quantitative estimate of drug-likeness (QED) is 0.723. The average molecular weight is 228 g/mol. The van der Waals surface area contributed by atoms with Crippen molar-refractivity contribution in [1.82, 2.24) is 0 Å². The summed E-state index contributed by atoms with van der Waals surface area (Å²) in [5.74, 6) is 0.732. The van der Waals surface area contributed by atoms with Crippen LogP contribution in [0.25, 0.3) is 0 Å². The third kappa shape index (κ3) is 1.95. The fourth-order valence-electron chi connectivity index (χ4n) is 0.859. The van der Waals surface area contributed by atoms with Gasteiger partial charge in [-0.1, -0.05) is 19.1 Å². The van der Waals surface area contributed by atoms with Crippen molar-refractivity contribution < 1.29 is 4.39 Å². The van der Waals surface area contributed by atoms with Crippen LogP contribution in [0.3, 0.4) is 0 Å². The van der Waals surface area contributed by atoms with E-state index in [4.69, 9.17) is 0 Å². The smallest absolute Gasteiger partial charge is 0.137 e. The lowest BCUT2D eigenvalue weighted by Gasteiger charge is -2.05. The third-order valence-corrected chi connectivity index (χ3v) is 2.32. The van der Waals surface area contributed by atoms with Gasteiger partial charge in [0.25, 0.3) is 0 Å². The Morgan fingerprint density at radius 2 is 2.25 bits per heavy atom. The molecule has 12 heavy (non-hydrogen) atoms. The van der Waals surface area contributed by atoms with Crippen LogP contribution in [-0.2, 0) is 0 Å². The van der Waals surface area contributed by atoms with Gasteiger partial charge in [0, 0.05) is 5.92 Å². The summed E-state index contributed by atoms with van der Waals surface area (Å²) in [6, 6.07) is 5.03. The standard InChI is InChI=1S/C10H9BrF/c1-3-7(2)8-4-5-9(11)10(12)6-8/h3-6H,1H2,2H3. The number of hydrogen-bond donors (Lipinski definition) is 0. The Kier molecular flexibility index (Phi) is 3.04. The molecule has 63 valence electrons. The Morgan fingerprint density at radius 3 is 2.75 bits per heavy atom. The third-order valence-electron chi connectivity index (χ3n) is 1.68. The van der Waals surface area contributed by atoms with Gasteiger partial charge in [0.15, 0.2) is 0 Å². The topological polar surface area (TPSA) is 0 Å². The number of rotatable bonds is 2. The van der Waals surface area contributed by atoms with Crippen molar-refractivity contribution in [1.29, 1.82) is 0 Å². The normalized spacial score (nSPS) is 10.3. The largest absolute Gasteiger partial charge is 0.206 e. The maximum absolute atomic E-state index is 13.0. The van der Waals surface area contributed by atoms with E-state index in [1.54, 1.807) is 12.1 Å². The minimum absolute atomic E-state index is 0.242. The van der Waals surface area contributed by atoms with Gasteiger partial charge in [-0.3, -0.25) is 0 Å². The van der Waals surface area contributed by atoms with Crippen LogP contribution in [-0.4, -0.2) is 0 Å². The van der Waals surface area contributed by atoms with Crippen LogP contribution in [0.4, 0.5) is 4.39 Å². The molecule has 0 fully saturated rings. The maximum atomic E-state index is 13.0. The lowest BCUT2D eigenvalue weighted by atomic mass is 10.0. The molecule has 0 aliphatic carbocycles. The Labute approximate surface area is 80.2 Å². The van der Waals surface area contributed by atoms with Crippen LogP contribution in [0, 0.1) is 11.7 Å². The number of benzene rings is 1. The second-order valence-corrected chi connectivity index (χ2v) is 3.37. The van der Waals surface area contributed by atoms with Gasteiger partial charge in [-0.05, 0) is 33.6 Å². The van der Waals surface area contributed by atoms with E-state index in [0.29, 0.717) is 4.47 Å².